The topological polar surface area (TPSA) is 38.3 Å². The summed E-state index contributed by atoms with van der Waals surface area (Å²) in [5.74, 6) is -2.05. The third kappa shape index (κ3) is 3.29. The van der Waals surface area contributed by atoms with Crippen LogP contribution >= 0.6 is 0 Å². The summed E-state index contributed by atoms with van der Waals surface area (Å²) in [6.45, 7) is 5.72. The van der Waals surface area contributed by atoms with Crippen LogP contribution in [0.25, 0.3) is 0 Å². The zero-order valence-electron chi connectivity index (χ0n) is 11.6. The third-order valence-electron chi connectivity index (χ3n) is 2.92. The Balaban J connectivity index is 3.27. The summed E-state index contributed by atoms with van der Waals surface area (Å²) in [6.07, 6.45) is 0. The molecule has 19 heavy (non-hydrogen) atoms. The maximum absolute atomic E-state index is 13.9. The van der Waals surface area contributed by atoms with Gasteiger partial charge in [0.25, 0.3) is 0 Å². The quantitative estimate of drug-likeness (QED) is 0.837. The summed E-state index contributed by atoms with van der Waals surface area (Å²) in [5, 5.41) is 2.89. The Labute approximate surface area is 112 Å². The molecule has 1 unspecified atom stereocenters. The van der Waals surface area contributed by atoms with Crippen molar-refractivity contribution in [3.05, 3.63) is 35.4 Å². The molecule has 0 spiro atoms. The third-order valence-corrected chi connectivity index (χ3v) is 2.92. The van der Waals surface area contributed by atoms with Gasteiger partial charge in [0.05, 0.1) is 12.7 Å². The number of hydrogen-bond donors (Lipinski definition) is 1. The van der Waals surface area contributed by atoms with Crippen molar-refractivity contribution >= 4 is 5.97 Å². The molecule has 1 aromatic rings. The average Bonchev–Trinajstić information content (AvgIpc) is 2.35. The fourth-order valence-electron chi connectivity index (χ4n) is 1.85. The molecule has 0 aromatic heterocycles. The molecular weight excluding hydrogens is 252 g/mol. The smallest absolute Gasteiger partial charge is 0.330 e. The van der Waals surface area contributed by atoms with Gasteiger partial charge in [0.1, 0.15) is 17.2 Å². The molecule has 0 aliphatic heterocycles. The number of hydrogen-bond acceptors (Lipinski definition) is 3. The van der Waals surface area contributed by atoms with E-state index in [1.807, 2.05) is 13.8 Å². The zero-order valence-corrected chi connectivity index (χ0v) is 11.6. The molecule has 1 aromatic carbocycles. The van der Waals surface area contributed by atoms with Crippen LogP contribution in [-0.4, -0.2) is 19.6 Å². The van der Waals surface area contributed by atoms with Crippen LogP contribution in [0.3, 0.4) is 0 Å². The second-order valence-corrected chi connectivity index (χ2v) is 4.99. The van der Waals surface area contributed by atoms with Crippen LogP contribution < -0.4 is 5.32 Å². The Kier molecular flexibility index (Phi) is 5.00. The number of benzene rings is 1. The molecule has 1 rings (SSSR count). The zero-order chi connectivity index (χ0) is 14.6. The summed E-state index contributed by atoms with van der Waals surface area (Å²) >= 11 is 0. The minimum atomic E-state index is -1.55. The van der Waals surface area contributed by atoms with Crippen molar-refractivity contribution in [2.24, 2.45) is 5.92 Å². The molecule has 0 radical (unpaired) electrons. The van der Waals surface area contributed by atoms with Gasteiger partial charge >= 0.3 is 5.97 Å². The summed E-state index contributed by atoms with van der Waals surface area (Å²) in [4.78, 5) is 11.9. The van der Waals surface area contributed by atoms with E-state index in [0.717, 1.165) is 12.1 Å². The highest BCUT2D eigenvalue weighted by Crippen LogP contribution is 2.28. The van der Waals surface area contributed by atoms with E-state index >= 15 is 0 Å². The summed E-state index contributed by atoms with van der Waals surface area (Å²) < 4.78 is 32.4. The largest absolute Gasteiger partial charge is 0.467 e. The SMILES string of the molecule is COC(=O)C(C)(NCC(C)C)c1c(F)cccc1F. The molecule has 0 aliphatic rings. The highest BCUT2D eigenvalue weighted by atomic mass is 19.1. The van der Waals surface area contributed by atoms with E-state index in [2.05, 4.69) is 10.1 Å². The van der Waals surface area contributed by atoms with Gasteiger partial charge < -0.3 is 4.74 Å². The maximum atomic E-state index is 13.9. The van der Waals surface area contributed by atoms with Crippen molar-refractivity contribution in [1.82, 2.24) is 5.32 Å². The van der Waals surface area contributed by atoms with Crippen molar-refractivity contribution in [1.29, 1.82) is 0 Å². The Morgan fingerprint density at radius 2 is 1.89 bits per heavy atom. The Morgan fingerprint density at radius 3 is 2.32 bits per heavy atom. The molecule has 0 bridgehead atoms. The van der Waals surface area contributed by atoms with Gasteiger partial charge in [-0.15, -0.1) is 0 Å². The van der Waals surface area contributed by atoms with Crippen LogP contribution in [0.4, 0.5) is 8.78 Å². The highest BCUT2D eigenvalue weighted by molar-refractivity contribution is 5.82. The molecule has 0 saturated heterocycles. The van der Waals surface area contributed by atoms with E-state index < -0.39 is 23.1 Å². The highest BCUT2D eigenvalue weighted by Gasteiger charge is 2.40. The normalized spacial score (nSPS) is 14.3. The fourth-order valence-corrected chi connectivity index (χ4v) is 1.85. The van der Waals surface area contributed by atoms with Crippen molar-refractivity contribution < 1.29 is 18.3 Å². The van der Waals surface area contributed by atoms with Crippen molar-refractivity contribution in [3.63, 3.8) is 0 Å². The second kappa shape index (κ2) is 6.10. The van der Waals surface area contributed by atoms with Gasteiger partial charge in [0.15, 0.2) is 0 Å². The van der Waals surface area contributed by atoms with Crippen LogP contribution in [0.15, 0.2) is 18.2 Å². The van der Waals surface area contributed by atoms with E-state index in [-0.39, 0.29) is 11.5 Å². The lowest BCUT2D eigenvalue weighted by Crippen LogP contribution is -2.49. The van der Waals surface area contributed by atoms with Gasteiger partial charge in [0, 0.05) is 0 Å². The minimum absolute atomic E-state index is 0.221. The van der Waals surface area contributed by atoms with Gasteiger partial charge in [-0.05, 0) is 31.5 Å². The van der Waals surface area contributed by atoms with Crippen LogP contribution in [0.5, 0.6) is 0 Å². The van der Waals surface area contributed by atoms with E-state index in [0.29, 0.717) is 6.54 Å². The molecule has 0 aliphatic carbocycles. The Hall–Kier alpha value is -1.49. The number of halogens is 2. The van der Waals surface area contributed by atoms with Gasteiger partial charge in [-0.3, -0.25) is 5.32 Å². The van der Waals surface area contributed by atoms with E-state index in [4.69, 9.17) is 0 Å². The number of esters is 1. The van der Waals surface area contributed by atoms with Gasteiger partial charge in [-0.25, -0.2) is 13.6 Å². The van der Waals surface area contributed by atoms with Crippen molar-refractivity contribution in [2.45, 2.75) is 26.3 Å². The number of carbonyl (C=O) groups is 1. The van der Waals surface area contributed by atoms with Gasteiger partial charge in [-0.2, -0.15) is 0 Å². The molecule has 106 valence electrons. The van der Waals surface area contributed by atoms with E-state index in [9.17, 15) is 13.6 Å². The van der Waals surface area contributed by atoms with E-state index in [1.54, 1.807) is 0 Å². The molecule has 1 N–H and O–H groups in total. The lowest BCUT2D eigenvalue weighted by Gasteiger charge is -2.30. The Bertz CT molecular complexity index is 443. The predicted molar refractivity (Wildman–Crippen MR) is 68.6 cm³/mol. The minimum Gasteiger partial charge on any atom is -0.467 e. The number of ether oxygens (including phenoxy) is 1. The van der Waals surface area contributed by atoms with Crippen LogP contribution in [0, 0.1) is 17.6 Å². The first-order chi connectivity index (χ1) is 8.82. The first-order valence-electron chi connectivity index (χ1n) is 6.10. The van der Waals surface area contributed by atoms with Crippen LogP contribution in [0.2, 0.25) is 0 Å². The number of methoxy groups -OCH3 is 1. The molecular formula is C14H19F2NO2. The second-order valence-electron chi connectivity index (χ2n) is 4.99. The van der Waals surface area contributed by atoms with Gasteiger partial charge in [-0.1, -0.05) is 19.9 Å². The van der Waals surface area contributed by atoms with Crippen LogP contribution in [0.1, 0.15) is 26.3 Å². The number of rotatable bonds is 5. The summed E-state index contributed by atoms with van der Waals surface area (Å²) in [7, 11) is 1.19. The first-order valence-corrected chi connectivity index (χ1v) is 6.10. The predicted octanol–water partition coefficient (Wildman–Crippen LogP) is 2.60. The number of carbonyl (C=O) groups excluding carboxylic acids is 1. The molecule has 3 nitrogen and oxygen atoms in total. The monoisotopic (exact) mass is 271 g/mol. The maximum Gasteiger partial charge on any atom is 0.330 e. The summed E-state index contributed by atoms with van der Waals surface area (Å²) in [6, 6.07) is 3.50. The number of nitrogens with one attached hydrogen (secondary N) is 1. The molecule has 0 amide bonds. The summed E-state index contributed by atoms with van der Waals surface area (Å²) in [5.41, 5.74) is -1.86. The van der Waals surface area contributed by atoms with Crippen molar-refractivity contribution in [3.8, 4) is 0 Å². The molecule has 5 heteroatoms. The lowest BCUT2D eigenvalue weighted by atomic mass is 9.90. The van der Waals surface area contributed by atoms with Gasteiger partial charge in [0.2, 0.25) is 0 Å². The standard InChI is InChI=1S/C14H19F2NO2/c1-9(2)8-17-14(3,13(18)19-4)12-10(15)6-5-7-11(12)16/h5-7,9,17H,8H2,1-4H3. The molecule has 0 fully saturated rings. The van der Waals surface area contributed by atoms with Crippen molar-refractivity contribution in [2.75, 3.05) is 13.7 Å². The molecule has 0 heterocycles. The van der Waals surface area contributed by atoms with Crippen LogP contribution in [-0.2, 0) is 15.1 Å². The fraction of sp³-hybridized carbons (Fsp3) is 0.500. The lowest BCUT2D eigenvalue weighted by molar-refractivity contribution is -0.148. The molecule has 0 saturated carbocycles. The first kappa shape index (κ1) is 15.6. The average molecular weight is 271 g/mol. The van der Waals surface area contributed by atoms with E-state index in [1.165, 1.54) is 20.1 Å². The Morgan fingerprint density at radius 1 is 1.37 bits per heavy atom. The molecule has 1 atom stereocenters.